The van der Waals surface area contributed by atoms with Crippen LogP contribution in [0.1, 0.15) is 0 Å². The molecule has 0 saturated carbocycles. The summed E-state index contributed by atoms with van der Waals surface area (Å²) in [7, 11) is 0. The van der Waals surface area contributed by atoms with Crippen molar-refractivity contribution < 1.29 is 0 Å². The van der Waals surface area contributed by atoms with Crippen LogP contribution in [0.15, 0.2) is 218 Å². The molecule has 8 aromatic carbocycles. The van der Waals surface area contributed by atoms with Gasteiger partial charge in [-0.15, -0.1) is 0 Å². The second-order valence-corrected chi connectivity index (χ2v) is 22.8. The van der Waals surface area contributed by atoms with E-state index in [1.165, 1.54) is 59.7 Å². The summed E-state index contributed by atoms with van der Waals surface area (Å²) in [6.45, 7) is 0. The molecule has 1 nitrogen and oxygen atoms in total. The van der Waals surface area contributed by atoms with E-state index >= 15 is 0 Å². The van der Waals surface area contributed by atoms with Crippen LogP contribution < -0.4 is 31.4 Å². The fourth-order valence-corrected chi connectivity index (χ4v) is 18.3. The minimum atomic E-state index is -2.30. The van der Waals surface area contributed by atoms with Gasteiger partial charge in [0.05, 0.1) is 0 Å². The quantitative estimate of drug-likeness (QED) is 0.144. The maximum atomic E-state index is 4.12. The summed E-state index contributed by atoms with van der Waals surface area (Å²) in [5, 5.41) is 4.12. The second kappa shape index (κ2) is 15.7. The van der Waals surface area contributed by atoms with Gasteiger partial charge in [-0.25, -0.2) is 0 Å². The van der Waals surface area contributed by atoms with Crippen LogP contribution in [0.3, 0.4) is 0 Å². The molecule has 51 heavy (non-hydrogen) atoms. The van der Waals surface area contributed by atoms with E-state index < -0.39 is 29.3 Å². The Morgan fingerprint density at radius 1 is 0.255 bits per heavy atom. The first-order valence-corrected chi connectivity index (χ1v) is 23.7. The van der Waals surface area contributed by atoms with E-state index in [4.69, 9.17) is 0 Å². The Bertz CT molecular complexity index is 2070. The number of hydrogen-bond acceptors (Lipinski definition) is 1. The van der Waals surface area contributed by atoms with E-state index in [0.717, 1.165) is 0 Å². The molecule has 0 aliphatic carbocycles. The van der Waals surface area contributed by atoms with Crippen LogP contribution in [0.5, 0.6) is 0 Å². The number of nitrogens with one attached hydrogen (secondary N) is 1. The molecular formula is C48H39As2N. The fourth-order valence-electron chi connectivity index (χ4n) is 6.86. The van der Waals surface area contributed by atoms with Crippen molar-refractivity contribution in [1.29, 1.82) is 0 Å². The molecule has 8 aromatic rings. The molecule has 8 rings (SSSR count). The Balaban J connectivity index is 1.34. The van der Waals surface area contributed by atoms with Crippen molar-refractivity contribution in [3.05, 3.63) is 218 Å². The zero-order valence-electron chi connectivity index (χ0n) is 28.3. The van der Waals surface area contributed by atoms with E-state index in [1.54, 1.807) is 0 Å². The molecule has 0 fully saturated rings. The van der Waals surface area contributed by atoms with E-state index in [0.29, 0.717) is 0 Å². The predicted octanol–water partition coefficient (Wildman–Crippen LogP) is 7.26. The standard InChI is InChI=1S/C48H39As2N/c1-7-19-37(20-8-1)39-31-33-47(45(35-39)49(41-23-11-3-12-24-41)42-25-13-4-14-26-42)51-48-34-32-40(38-21-9-2-10-22-38)36-46(48)50(43-27-15-5-16-28-43)44-29-17-6-18-30-44/h1-36,49-51H. The summed E-state index contributed by atoms with van der Waals surface area (Å²) in [6.07, 6.45) is 0. The maximum absolute atomic E-state index is 4.12. The Labute approximate surface area is 310 Å². The fraction of sp³-hybridized carbons (Fsp3) is 0. The third-order valence-corrected chi connectivity index (χ3v) is 21.0. The summed E-state index contributed by atoms with van der Waals surface area (Å²) in [4.78, 5) is 0. The van der Waals surface area contributed by atoms with Gasteiger partial charge < -0.3 is 0 Å². The van der Waals surface area contributed by atoms with Crippen LogP contribution in [0.4, 0.5) is 11.4 Å². The predicted molar refractivity (Wildman–Crippen MR) is 225 cm³/mol. The van der Waals surface area contributed by atoms with Crippen molar-refractivity contribution in [1.82, 2.24) is 0 Å². The molecule has 1 N–H and O–H groups in total. The molecule has 0 amide bonds. The average Bonchev–Trinajstić information content (AvgIpc) is 3.21. The van der Waals surface area contributed by atoms with Crippen molar-refractivity contribution in [3.8, 4) is 22.3 Å². The monoisotopic (exact) mass is 779 g/mol. The average molecular weight is 780 g/mol. The van der Waals surface area contributed by atoms with Crippen LogP contribution in [-0.2, 0) is 0 Å². The molecule has 0 atom stereocenters. The molecule has 0 bridgehead atoms. The van der Waals surface area contributed by atoms with Crippen LogP contribution in [0.25, 0.3) is 22.3 Å². The van der Waals surface area contributed by atoms with Crippen LogP contribution in [-0.4, -0.2) is 29.3 Å². The van der Waals surface area contributed by atoms with E-state index in [9.17, 15) is 0 Å². The number of hydrogen-bond donors (Lipinski definition) is 1. The Hall–Kier alpha value is -5.32. The van der Waals surface area contributed by atoms with Gasteiger partial charge in [-0.05, 0) is 0 Å². The second-order valence-electron chi connectivity index (χ2n) is 12.6. The van der Waals surface area contributed by atoms with Gasteiger partial charge in [0, 0.05) is 0 Å². The zero-order chi connectivity index (χ0) is 34.2. The minimum absolute atomic E-state index is 1.18. The van der Waals surface area contributed by atoms with Crippen molar-refractivity contribution in [2.24, 2.45) is 0 Å². The number of anilines is 2. The number of benzene rings is 8. The molecule has 0 aliphatic rings. The van der Waals surface area contributed by atoms with Crippen molar-refractivity contribution in [3.63, 3.8) is 0 Å². The van der Waals surface area contributed by atoms with Gasteiger partial charge >= 0.3 is 313 Å². The third kappa shape index (κ3) is 7.43. The molecule has 0 heterocycles. The van der Waals surface area contributed by atoms with Crippen molar-refractivity contribution in [2.45, 2.75) is 0 Å². The normalized spacial score (nSPS) is 11.1. The van der Waals surface area contributed by atoms with Gasteiger partial charge in [-0.1, -0.05) is 0 Å². The summed E-state index contributed by atoms with van der Waals surface area (Å²) >= 11 is -4.59. The van der Waals surface area contributed by atoms with E-state index in [1.807, 2.05) is 0 Å². The third-order valence-electron chi connectivity index (χ3n) is 9.31. The molecule has 2 radical (unpaired) electrons. The Morgan fingerprint density at radius 2 is 0.529 bits per heavy atom. The van der Waals surface area contributed by atoms with Gasteiger partial charge in [0.25, 0.3) is 0 Å². The van der Waals surface area contributed by atoms with Gasteiger partial charge in [-0.2, -0.15) is 0 Å². The molecule has 0 unspecified atom stereocenters. The van der Waals surface area contributed by atoms with Crippen molar-refractivity contribution >= 4 is 66.8 Å². The van der Waals surface area contributed by atoms with E-state index in [2.05, 4.69) is 224 Å². The molecular weight excluding hydrogens is 740 g/mol. The SMILES string of the molecule is c1ccc(-c2ccc(Nc3ccc(-c4ccccc4)cc3[AsH](c3ccccc3)c3ccccc3)c([AsH](c3ccccc3)c3ccccc3)c2)cc1. The topological polar surface area (TPSA) is 12.0 Å². The molecule has 0 spiro atoms. The first-order valence-electron chi connectivity index (χ1n) is 17.4. The van der Waals surface area contributed by atoms with Crippen LogP contribution >= 0.6 is 0 Å². The number of rotatable bonds is 10. The van der Waals surface area contributed by atoms with Crippen molar-refractivity contribution in [2.75, 3.05) is 5.32 Å². The summed E-state index contributed by atoms with van der Waals surface area (Å²) < 4.78 is 8.54. The first-order chi connectivity index (χ1) is 25.3. The van der Waals surface area contributed by atoms with Gasteiger partial charge in [-0.3, -0.25) is 0 Å². The molecule has 0 aromatic heterocycles. The molecule has 246 valence electrons. The first kappa shape index (κ1) is 32.9. The summed E-state index contributed by atoms with van der Waals surface area (Å²) in [5.41, 5.74) is 7.33. The Kier molecular flexibility index (Phi) is 10.1. The summed E-state index contributed by atoms with van der Waals surface area (Å²) in [6, 6.07) is 80.4. The van der Waals surface area contributed by atoms with E-state index in [-0.39, 0.29) is 0 Å². The Morgan fingerprint density at radius 3 is 0.824 bits per heavy atom. The van der Waals surface area contributed by atoms with Crippen LogP contribution in [0.2, 0.25) is 0 Å². The zero-order valence-corrected chi connectivity index (χ0v) is 32.5. The summed E-state index contributed by atoms with van der Waals surface area (Å²) in [5.74, 6) is 0. The molecule has 0 aliphatic heterocycles. The van der Waals surface area contributed by atoms with Gasteiger partial charge in [0.2, 0.25) is 0 Å². The molecule has 0 saturated heterocycles. The van der Waals surface area contributed by atoms with Crippen LogP contribution in [0, 0.1) is 0 Å². The molecule has 3 heteroatoms. The van der Waals surface area contributed by atoms with Gasteiger partial charge in [0.15, 0.2) is 0 Å². The van der Waals surface area contributed by atoms with Gasteiger partial charge in [0.1, 0.15) is 0 Å².